The predicted molar refractivity (Wildman–Crippen MR) is 121 cm³/mol. The molecule has 7 nitrogen and oxygen atoms in total. The normalized spacial score (nSPS) is 11.4. The van der Waals surface area contributed by atoms with Gasteiger partial charge in [0.1, 0.15) is 5.82 Å². The first kappa shape index (κ1) is 23.9. The average molecular weight is 475 g/mol. The molecule has 0 unspecified atom stereocenters. The van der Waals surface area contributed by atoms with Gasteiger partial charge in [-0.2, -0.15) is 13.2 Å². The van der Waals surface area contributed by atoms with Gasteiger partial charge in [-0.15, -0.1) is 11.3 Å². The number of amides is 2. The number of benzene rings is 1. The highest BCUT2D eigenvalue weighted by atomic mass is 32.1. The molecule has 0 fully saturated rings. The standard InChI is InChI=1S/C22H20F3N5O2S/c1-15(31)30(18-5-3-2-4-6-18)21-29-17(14-33-21)8-10-20(32)27-12-11-26-19-9-7-16(13-28-19)22(23,24)25/h2-10,13-14H,11-12H2,1H3,(H,26,28)(H,27,32)/b10-8+. The highest BCUT2D eigenvalue weighted by Gasteiger charge is 2.30. The maximum atomic E-state index is 12.5. The van der Waals surface area contributed by atoms with Crippen molar-refractivity contribution in [2.45, 2.75) is 13.1 Å². The molecule has 2 N–H and O–H groups in total. The summed E-state index contributed by atoms with van der Waals surface area (Å²) in [6.45, 7) is 1.97. The van der Waals surface area contributed by atoms with E-state index in [-0.39, 0.29) is 30.7 Å². The van der Waals surface area contributed by atoms with E-state index in [9.17, 15) is 22.8 Å². The Bertz CT molecular complexity index is 1120. The van der Waals surface area contributed by atoms with Crippen molar-refractivity contribution in [2.75, 3.05) is 23.3 Å². The summed E-state index contributed by atoms with van der Waals surface area (Å²) in [4.78, 5) is 33.7. The third kappa shape index (κ3) is 6.88. The van der Waals surface area contributed by atoms with E-state index in [1.165, 1.54) is 41.4 Å². The van der Waals surface area contributed by atoms with E-state index in [0.29, 0.717) is 16.5 Å². The number of rotatable bonds is 8. The van der Waals surface area contributed by atoms with Gasteiger partial charge in [0, 0.05) is 37.7 Å². The van der Waals surface area contributed by atoms with Crippen molar-refractivity contribution in [3.63, 3.8) is 0 Å². The predicted octanol–water partition coefficient (Wildman–Crippen LogP) is 4.48. The number of carbonyl (C=O) groups is 2. The third-order valence-corrected chi connectivity index (χ3v) is 5.10. The lowest BCUT2D eigenvalue weighted by molar-refractivity contribution is -0.137. The number of nitrogens with zero attached hydrogens (tertiary/aromatic N) is 3. The summed E-state index contributed by atoms with van der Waals surface area (Å²) < 4.78 is 37.6. The summed E-state index contributed by atoms with van der Waals surface area (Å²) >= 11 is 1.28. The number of hydrogen-bond donors (Lipinski definition) is 2. The van der Waals surface area contributed by atoms with Gasteiger partial charge in [0.05, 0.1) is 16.9 Å². The van der Waals surface area contributed by atoms with Crippen LogP contribution in [0.15, 0.2) is 60.1 Å². The fourth-order valence-corrected chi connectivity index (χ4v) is 3.58. The Balaban J connectivity index is 1.48. The van der Waals surface area contributed by atoms with E-state index < -0.39 is 11.7 Å². The van der Waals surface area contributed by atoms with Crippen molar-refractivity contribution in [3.05, 3.63) is 71.4 Å². The van der Waals surface area contributed by atoms with E-state index in [1.54, 1.807) is 17.5 Å². The van der Waals surface area contributed by atoms with Gasteiger partial charge in [-0.25, -0.2) is 9.97 Å². The van der Waals surface area contributed by atoms with Crippen LogP contribution in [-0.4, -0.2) is 34.9 Å². The Morgan fingerprint density at radius 2 is 1.88 bits per heavy atom. The fourth-order valence-electron chi connectivity index (χ4n) is 2.72. The Labute approximate surface area is 192 Å². The maximum absolute atomic E-state index is 12.5. The van der Waals surface area contributed by atoms with Gasteiger partial charge >= 0.3 is 6.18 Å². The van der Waals surface area contributed by atoms with E-state index in [0.717, 1.165) is 12.3 Å². The largest absolute Gasteiger partial charge is 0.417 e. The number of pyridine rings is 1. The molecule has 0 aliphatic carbocycles. The SMILES string of the molecule is CC(=O)N(c1ccccc1)c1nc(/C=C/C(=O)NCCNc2ccc(C(F)(F)F)cn2)cs1. The number of nitrogens with one attached hydrogen (secondary N) is 2. The minimum atomic E-state index is -4.43. The van der Waals surface area contributed by atoms with E-state index in [1.807, 2.05) is 18.2 Å². The summed E-state index contributed by atoms with van der Waals surface area (Å²) in [5.41, 5.74) is 0.397. The van der Waals surface area contributed by atoms with Gasteiger partial charge in [-0.3, -0.25) is 14.5 Å². The summed E-state index contributed by atoms with van der Waals surface area (Å²) in [5, 5.41) is 7.70. The second-order valence-electron chi connectivity index (χ2n) is 6.73. The van der Waals surface area contributed by atoms with Crippen molar-refractivity contribution in [2.24, 2.45) is 0 Å². The molecule has 3 rings (SSSR count). The Morgan fingerprint density at radius 1 is 1.12 bits per heavy atom. The number of thiazole rings is 1. The van der Waals surface area contributed by atoms with Crippen LogP contribution in [0.3, 0.4) is 0 Å². The van der Waals surface area contributed by atoms with Crippen LogP contribution in [0.25, 0.3) is 6.08 Å². The second-order valence-corrected chi connectivity index (χ2v) is 7.56. The summed E-state index contributed by atoms with van der Waals surface area (Å²) in [5.74, 6) is -0.270. The van der Waals surface area contributed by atoms with Crippen LogP contribution in [0.4, 0.5) is 29.8 Å². The topological polar surface area (TPSA) is 87.2 Å². The zero-order valence-electron chi connectivity index (χ0n) is 17.5. The molecule has 2 amide bonds. The Kier molecular flexibility index (Phi) is 7.78. The zero-order chi connectivity index (χ0) is 23.8. The quantitative estimate of drug-likeness (QED) is 0.371. The molecular weight excluding hydrogens is 455 g/mol. The molecule has 11 heteroatoms. The molecule has 0 aliphatic rings. The Morgan fingerprint density at radius 3 is 2.52 bits per heavy atom. The van der Waals surface area contributed by atoms with Gasteiger partial charge in [0.2, 0.25) is 11.8 Å². The van der Waals surface area contributed by atoms with Crippen LogP contribution in [0, 0.1) is 0 Å². The average Bonchev–Trinajstić information content (AvgIpc) is 3.24. The molecule has 0 atom stereocenters. The van der Waals surface area contributed by atoms with E-state index >= 15 is 0 Å². The van der Waals surface area contributed by atoms with E-state index in [4.69, 9.17) is 0 Å². The fraction of sp³-hybridized carbons (Fsp3) is 0.182. The molecule has 1 aromatic carbocycles. The lowest BCUT2D eigenvalue weighted by Gasteiger charge is -2.17. The number of alkyl halides is 3. The molecule has 2 aromatic heterocycles. The number of aromatic nitrogens is 2. The van der Waals surface area contributed by atoms with Crippen LogP contribution in [0.5, 0.6) is 0 Å². The first-order chi connectivity index (χ1) is 15.7. The Hall–Kier alpha value is -3.73. The van der Waals surface area contributed by atoms with Crippen LogP contribution in [-0.2, 0) is 15.8 Å². The summed E-state index contributed by atoms with van der Waals surface area (Å²) in [6.07, 6.45) is -0.841. The highest BCUT2D eigenvalue weighted by Crippen LogP contribution is 2.29. The molecule has 33 heavy (non-hydrogen) atoms. The lowest BCUT2D eigenvalue weighted by atomic mass is 10.3. The monoisotopic (exact) mass is 475 g/mol. The molecule has 0 saturated heterocycles. The number of anilines is 3. The highest BCUT2D eigenvalue weighted by molar-refractivity contribution is 7.14. The van der Waals surface area contributed by atoms with Crippen molar-refractivity contribution >= 4 is 45.9 Å². The first-order valence-corrected chi connectivity index (χ1v) is 10.7. The minimum absolute atomic E-state index is 0.182. The number of halogens is 3. The van der Waals surface area contributed by atoms with Crippen LogP contribution in [0.2, 0.25) is 0 Å². The number of carbonyl (C=O) groups excluding carboxylic acids is 2. The molecule has 2 heterocycles. The summed E-state index contributed by atoms with van der Waals surface area (Å²) in [6, 6.07) is 11.3. The maximum Gasteiger partial charge on any atom is 0.417 e. The lowest BCUT2D eigenvalue weighted by Crippen LogP contribution is -2.27. The van der Waals surface area contributed by atoms with Gasteiger partial charge < -0.3 is 10.6 Å². The van der Waals surface area contributed by atoms with Crippen LogP contribution < -0.4 is 15.5 Å². The molecule has 0 spiro atoms. The van der Waals surface area contributed by atoms with Crippen LogP contribution >= 0.6 is 11.3 Å². The van der Waals surface area contributed by atoms with E-state index in [2.05, 4.69) is 20.6 Å². The molecule has 0 radical (unpaired) electrons. The van der Waals surface area contributed by atoms with Crippen molar-refractivity contribution in [3.8, 4) is 0 Å². The van der Waals surface area contributed by atoms with Gasteiger partial charge in [-0.05, 0) is 30.3 Å². The number of para-hydroxylation sites is 1. The third-order valence-electron chi connectivity index (χ3n) is 4.26. The smallest absolute Gasteiger partial charge is 0.368 e. The summed E-state index contributed by atoms with van der Waals surface area (Å²) in [7, 11) is 0. The molecule has 3 aromatic rings. The minimum Gasteiger partial charge on any atom is -0.368 e. The molecule has 0 aliphatic heterocycles. The zero-order valence-corrected chi connectivity index (χ0v) is 18.3. The molecule has 0 bridgehead atoms. The molecular formula is C22H20F3N5O2S. The second kappa shape index (κ2) is 10.7. The first-order valence-electron chi connectivity index (χ1n) is 9.78. The molecule has 172 valence electrons. The van der Waals surface area contributed by atoms with Gasteiger partial charge in [0.25, 0.3) is 0 Å². The molecule has 0 saturated carbocycles. The van der Waals surface area contributed by atoms with Gasteiger partial charge in [-0.1, -0.05) is 18.2 Å². The van der Waals surface area contributed by atoms with Gasteiger partial charge in [0.15, 0.2) is 5.13 Å². The van der Waals surface area contributed by atoms with Crippen molar-refractivity contribution in [1.29, 1.82) is 0 Å². The van der Waals surface area contributed by atoms with Crippen LogP contribution in [0.1, 0.15) is 18.2 Å². The number of hydrogen-bond acceptors (Lipinski definition) is 6. The van der Waals surface area contributed by atoms with Crippen molar-refractivity contribution < 1.29 is 22.8 Å². The van der Waals surface area contributed by atoms with Crippen molar-refractivity contribution in [1.82, 2.24) is 15.3 Å².